The van der Waals surface area contributed by atoms with Gasteiger partial charge in [0.15, 0.2) is 0 Å². The summed E-state index contributed by atoms with van der Waals surface area (Å²) < 4.78 is 25.2. The Morgan fingerprint density at radius 3 is 2.38 bits per heavy atom. The van der Waals surface area contributed by atoms with Crippen molar-refractivity contribution in [3.63, 3.8) is 0 Å². The summed E-state index contributed by atoms with van der Waals surface area (Å²) in [4.78, 5) is 18.0. The van der Waals surface area contributed by atoms with Crippen molar-refractivity contribution in [1.29, 1.82) is 0 Å². The zero-order chi connectivity index (χ0) is 34.4. The van der Waals surface area contributed by atoms with E-state index in [2.05, 4.69) is 58.2 Å². The lowest BCUT2D eigenvalue weighted by molar-refractivity contribution is -0.116. The highest BCUT2D eigenvalue weighted by atomic mass is 32.2. The summed E-state index contributed by atoms with van der Waals surface area (Å²) >= 11 is 1.64. The van der Waals surface area contributed by atoms with Gasteiger partial charge in [0.2, 0.25) is 5.91 Å². The van der Waals surface area contributed by atoms with Crippen LogP contribution in [0.1, 0.15) is 93.4 Å². The Labute approximate surface area is 278 Å². The van der Waals surface area contributed by atoms with Crippen LogP contribution in [0.2, 0.25) is 0 Å². The number of nitrogens with one attached hydrogen (secondary N) is 3. The summed E-state index contributed by atoms with van der Waals surface area (Å²) in [5.74, 6) is -0.579. The topological polar surface area (TPSA) is 77.9 Å². The fourth-order valence-corrected chi connectivity index (χ4v) is 3.98. The summed E-state index contributed by atoms with van der Waals surface area (Å²) in [5, 5.41) is 11.2. The molecule has 0 atom stereocenters. The van der Waals surface area contributed by atoms with Gasteiger partial charge in [0.05, 0.1) is 25.1 Å². The highest BCUT2D eigenvalue weighted by Gasteiger charge is 2.17. The van der Waals surface area contributed by atoms with E-state index in [0.29, 0.717) is 38.8 Å². The third kappa shape index (κ3) is 32.2. The number of hydrazone groups is 1. The van der Waals surface area contributed by atoms with Crippen molar-refractivity contribution in [2.75, 3.05) is 33.2 Å². The Morgan fingerprint density at radius 1 is 1.00 bits per heavy atom. The molecule has 0 aromatic heterocycles. The van der Waals surface area contributed by atoms with Crippen molar-refractivity contribution >= 4 is 28.4 Å². The molecule has 0 aliphatic carbocycles. The van der Waals surface area contributed by atoms with Gasteiger partial charge in [-0.3, -0.25) is 9.79 Å². The average Bonchev–Trinajstić information content (AvgIpc) is 3.54. The van der Waals surface area contributed by atoms with Crippen LogP contribution in [0.3, 0.4) is 0 Å². The molecule has 1 amide bonds. The molecule has 9 heteroatoms. The first-order valence-electron chi connectivity index (χ1n) is 16.4. The summed E-state index contributed by atoms with van der Waals surface area (Å²) in [6.07, 6.45) is 24.9. The number of unbranched alkanes of at least 4 members (excludes halogenated alkanes) is 3. The Hall–Kier alpha value is -3.04. The van der Waals surface area contributed by atoms with E-state index < -0.39 is 5.83 Å². The standard InChI is InChI=1S/C29H40F2N4OS.C3H9N.2C2H6/c1-3-5-7-8-11-18-26-24-33-29(37-26)27(35-34-23-6-4-2)19-15-20-28(36)32-22-14-9-10-16-25(31)17-12-13-21-30;1-3-4-2;2*1-2/h4-7,12-13,15-18,20-21,34H,3,8-11,14,19,22-24H2,1-2H3,(H,32,36);4H,3H2,1-2H3;2*1-2H3/b6-4-,7-5-,17-12-,20-15+,21-13+,25-16-,26-18+,35-27+;;;. The fraction of sp³-hybridized carbons (Fsp3) is 0.528. The van der Waals surface area contributed by atoms with Gasteiger partial charge in [-0.2, -0.15) is 5.10 Å². The molecule has 1 aliphatic rings. The molecule has 1 aliphatic heterocycles. The number of hydrogen-bond acceptors (Lipinski definition) is 6. The van der Waals surface area contributed by atoms with E-state index in [0.717, 1.165) is 55.5 Å². The monoisotopic (exact) mass is 649 g/mol. The van der Waals surface area contributed by atoms with E-state index >= 15 is 0 Å². The van der Waals surface area contributed by atoms with Crippen molar-refractivity contribution in [2.45, 2.75) is 93.4 Å². The summed E-state index contributed by atoms with van der Waals surface area (Å²) in [6.45, 7) is 17.0. The van der Waals surface area contributed by atoms with Gasteiger partial charge in [0, 0.05) is 17.9 Å². The molecule has 3 N–H and O–H groups in total. The minimum atomic E-state index is -0.403. The molecule has 0 fully saturated rings. The number of allylic oxidation sites excluding steroid dienone is 10. The molecule has 0 aromatic carbocycles. The molecular weight excluding hydrogens is 588 g/mol. The van der Waals surface area contributed by atoms with Gasteiger partial charge in [-0.15, -0.1) is 0 Å². The zero-order valence-electron chi connectivity index (χ0n) is 29.2. The normalized spacial score (nSPS) is 14.4. The van der Waals surface area contributed by atoms with Crippen molar-refractivity contribution in [3.8, 4) is 0 Å². The van der Waals surface area contributed by atoms with E-state index in [1.807, 2.05) is 53.8 Å². The number of carbonyl (C=O) groups excluding carboxylic acids is 1. The Morgan fingerprint density at radius 2 is 1.73 bits per heavy atom. The lowest BCUT2D eigenvalue weighted by Gasteiger charge is -2.05. The molecule has 0 spiro atoms. The molecule has 0 saturated carbocycles. The maximum atomic E-state index is 13.4. The number of thioether (sulfide) groups is 1. The summed E-state index contributed by atoms with van der Waals surface area (Å²) in [5.41, 5.74) is 3.85. The van der Waals surface area contributed by atoms with Gasteiger partial charge in [0.25, 0.3) is 0 Å². The number of rotatable bonds is 19. The lowest BCUT2D eigenvalue weighted by atomic mass is 10.2. The molecule has 45 heavy (non-hydrogen) atoms. The van der Waals surface area contributed by atoms with Crippen molar-refractivity contribution in [2.24, 2.45) is 10.1 Å². The molecule has 0 radical (unpaired) electrons. The minimum absolute atomic E-state index is 0.175. The first-order chi connectivity index (χ1) is 22.0. The highest BCUT2D eigenvalue weighted by molar-refractivity contribution is 8.19. The van der Waals surface area contributed by atoms with Crippen molar-refractivity contribution < 1.29 is 13.6 Å². The van der Waals surface area contributed by atoms with Crippen molar-refractivity contribution in [3.05, 3.63) is 83.9 Å². The number of aliphatic imine (C=N–C) groups is 1. The third-order valence-electron chi connectivity index (χ3n) is 5.26. The molecule has 0 saturated heterocycles. The van der Waals surface area contributed by atoms with Gasteiger partial charge < -0.3 is 16.1 Å². The van der Waals surface area contributed by atoms with E-state index in [-0.39, 0.29) is 5.91 Å². The smallest absolute Gasteiger partial charge is 0.243 e. The van der Waals surface area contributed by atoms with Crippen LogP contribution in [-0.2, 0) is 4.79 Å². The molecule has 0 unspecified atom stereocenters. The second-order valence-corrected chi connectivity index (χ2v) is 9.82. The largest absolute Gasteiger partial charge is 0.353 e. The quantitative estimate of drug-likeness (QED) is 0.0325. The molecule has 1 rings (SSSR count). The predicted octanol–water partition coefficient (Wildman–Crippen LogP) is 9.69. The van der Waals surface area contributed by atoms with Crippen LogP contribution in [0.4, 0.5) is 8.78 Å². The second-order valence-electron chi connectivity index (χ2n) is 8.71. The molecule has 256 valence electrons. The molecular formula is C36H61F2N5OS. The zero-order valence-corrected chi connectivity index (χ0v) is 30.0. The predicted molar refractivity (Wildman–Crippen MR) is 198 cm³/mol. The van der Waals surface area contributed by atoms with E-state index in [4.69, 9.17) is 0 Å². The number of amides is 1. The maximum absolute atomic E-state index is 13.4. The van der Waals surface area contributed by atoms with Gasteiger partial charge in [-0.25, -0.2) is 8.78 Å². The van der Waals surface area contributed by atoms with Crippen LogP contribution in [-0.4, -0.2) is 49.9 Å². The first-order valence-corrected chi connectivity index (χ1v) is 17.2. The average molecular weight is 650 g/mol. The van der Waals surface area contributed by atoms with Crippen LogP contribution in [0.5, 0.6) is 0 Å². The SMILES string of the molecule is C/C=C\CN/N=C(\C/C=C/C(=O)NCCCC/C=C(F)/C=C\C=C\F)C1=NC/C(=C\CC/C=C\CC)S1.CC.CC.CCNC. The van der Waals surface area contributed by atoms with Crippen LogP contribution in [0.25, 0.3) is 0 Å². The summed E-state index contributed by atoms with van der Waals surface area (Å²) in [7, 11) is 1.93. The lowest BCUT2D eigenvalue weighted by Crippen LogP contribution is -2.22. The fourth-order valence-electron chi connectivity index (χ4n) is 3.03. The Balaban J connectivity index is -0.00000199. The minimum Gasteiger partial charge on any atom is -0.353 e. The Kier molecular flexibility index (Phi) is 40.2. The Bertz CT molecular complexity index is 978. The third-order valence-corrected chi connectivity index (χ3v) is 6.38. The second kappa shape index (κ2) is 39.0. The molecule has 0 bridgehead atoms. The van der Waals surface area contributed by atoms with Crippen LogP contribution < -0.4 is 16.1 Å². The van der Waals surface area contributed by atoms with Crippen LogP contribution in [0.15, 0.2) is 94.0 Å². The number of hydrogen-bond donors (Lipinski definition) is 3. The first kappa shape index (κ1) is 46.4. The molecule has 0 aromatic rings. The van der Waals surface area contributed by atoms with Gasteiger partial charge in [0.1, 0.15) is 10.9 Å². The van der Waals surface area contributed by atoms with E-state index in [9.17, 15) is 13.6 Å². The van der Waals surface area contributed by atoms with E-state index in [1.54, 1.807) is 17.8 Å². The van der Waals surface area contributed by atoms with Gasteiger partial charge in [-0.05, 0) is 83.3 Å². The highest BCUT2D eigenvalue weighted by Crippen LogP contribution is 2.27. The molecule has 1 heterocycles. The number of carbonyl (C=O) groups is 1. The van der Waals surface area contributed by atoms with Gasteiger partial charge >= 0.3 is 0 Å². The van der Waals surface area contributed by atoms with E-state index in [1.165, 1.54) is 29.2 Å². The van der Waals surface area contributed by atoms with Crippen molar-refractivity contribution in [1.82, 2.24) is 16.1 Å². The summed E-state index contributed by atoms with van der Waals surface area (Å²) in [6, 6.07) is 0. The van der Waals surface area contributed by atoms with Gasteiger partial charge in [-0.1, -0.05) is 95.8 Å². The van der Waals surface area contributed by atoms with Crippen LogP contribution in [0, 0.1) is 0 Å². The number of halogens is 2. The molecule has 6 nitrogen and oxygen atoms in total. The maximum Gasteiger partial charge on any atom is 0.243 e. The van der Waals surface area contributed by atoms with Crippen LogP contribution >= 0.6 is 11.8 Å². The number of nitrogens with zero attached hydrogens (tertiary/aromatic N) is 2.